The summed E-state index contributed by atoms with van der Waals surface area (Å²) in [7, 11) is 0. The predicted octanol–water partition coefficient (Wildman–Crippen LogP) is 4.84. The van der Waals surface area contributed by atoms with Crippen molar-refractivity contribution in [3.05, 3.63) is 23.3 Å². The molecule has 2 nitrogen and oxygen atoms in total. The lowest BCUT2D eigenvalue weighted by atomic mass is 10.1. The number of thioether (sulfide) groups is 4. The Balaban J connectivity index is 1.89. The molecule has 2 aliphatic heterocycles. The summed E-state index contributed by atoms with van der Waals surface area (Å²) in [4.78, 5) is 0. The number of aromatic hydroxyl groups is 2. The van der Waals surface area contributed by atoms with Crippen LogP contribution in [0.1, 0.15) is 33.1 Å². The molecule has 2 fully saturated rings. The van der Waals surface area contributed by atoms with Crippen LogP contribution in [0.3, 0.4) is 0 Å². The van der Waals surface area contributed by atoms with Crippen LogP contribution in [0.2, 0.25) is 0 Å². The van der Waals surface area contributed by atoms with Gasteiger partial charge in [-0.1, -0.05) is 0 Å². The van der Waals surface area contributed by atoms with Crippen molar-refractivity contribution in [1.29, 1.82) is 0 Å². The van der Waals surface area contributed by atoms with E-state index in [-0.39, 0.29) is 11.5 Å². The summed E-state index contributed by atoms with van der Waals surface area (Å²) in [5.41, 5.74) is 1.97. The average Bonchev–Trinajstić information content (AvgIpc) is 2.49. The number of benzene rings is 1. The molecule has 0 spiro atoms. The van der Waals surface area contributed by atoms with E-state index in [0.29, 0.717) is 9.16 Å². The highest BCUT2D eigenvalue weighted by Gasteiger charge is 2.25. The maximum Gasteiger partial charge on any atom is 0.124 e. The molecule has 1 aromatic rings. The Morgan fingerprint density at radius 2 is 1.10 bits per heavy atom. The average molecular weight is 347 g/mol. The Kier molecular flexibility index (Phi) is 5.28. The Morgan fingerprint density at radius 1 is 0.700 bits per heavy atom. The third-order valence-corrected chi connectivity index (χ3v) is 9.30. The van der Waals surface area contributed by atoms with Gasteiger partial charge in [-0.2, -0.15) is 0 Å². The van der Waals surface area contributed by atoms with Gasteiger partial charge in [0, 0.05) is 17.2 Å². The second kappa shape index (κ2) is 6.99. The van der Waals surface area contributed by atoms with Crippen molar-refractivity contribution in [2.45, 2.75) is 22.0 Å². The molecule has 0 bridgehead atoms. The third kappa shape index (κ3) is 3.34. The molecule has 6 heteroatoms. The van der Waals surface area contributed by atoms with Gasteiger partial charge in [-0.15, -0.1) is 47.0 Å². The van der Waals surface area contributed by atoms with Gasteiger partial charge in [-0.05, 0) is 41.9 Å². The quantitative estimate of drug-likeness (QED) is 0.799. The van der Waals surface area contributed by atoms with E-state index in [0.717, 1.165) is 34.1 Å². The van der Waals surface area contributed by atoms with Gasteiger partial charge in [0.2, 0.25) is 0 Å². The molecule has 0 amide bonds. The molecular formula is C14H18O2S4. The maximum atomic E-state index is 10.2. The predicted molar refractivity (Wildman–Crippen MR) is 94.3 cm³/mol. The van der Waals surface area contributed by atoms with E-state index in [1.807, 2.05) is 53.1 Å². The molecule has 2 N–H and O–H groups in total. The first kappa shape index (κ1) is 15.1. The van der Waals surface area contributed by atoms with E-state index in [4.69, 9.17) is 0 Å². The van der Waals surface area contributed by atoms with Gasteiger partial charge in [-0.25, -0.2) is 0 Å². The van der Waals surface area contributed by atoms with Crippen LogP contribution in [0.5, 0.6) is 11.5 Å². The van der Waals surface area contributed by atoms with Gasteiger partial charge >= 0.3 is 0 Å². The van der Waals surface area contributed by atoms with Gasteiger partial charge in [-0.3, -0.25) is 0 Å². The lowest BCUT2D eigenvalue weighted by Crippen LogP contribution is -2.04. The summed E-state index contributed by atoms with van der Waals surface area (Å²) in [6.45, 7) is 0. The molecule has 0 saturated carbocycles. The molecule has 0 radical (unpaired) electrons. The van der Waals surface area contributed by atoms with E-state index in [9.17, 15) is 10.2 Å². The molecule has 2 aliphatic rings. The van der Waals surface area contributed by atoms with Crippen molar-refractivity contribution in [3.63, 3.8) is 0 Å². The Labute approximate surface area is 136 Å². The van der Waals surface area contributed by atoms with Gasteiger partial charge in [0.15, 0.2) is 0 Å². The lowest BCUT2D eigenvalue weighted by Gasteiger charge is -2.26. The van der Waals surface area contributed by atoms with Gasteiger partial charge in [0.05, 0.1) is 9.16 Å². The summed E-state index contributed by atoms with van der Waals surface area (Å²) in [6, 6.07) is 3.58. The first-order chi connectivity index (χ1) is 9.75. The topological polar surface area (TPSA) is 40.5 Å². The lowest BCUT2D eigenvalue weighted by molar-refractivity contribution is 0.444. The third-order valence-electron chi connectivity index (χ3n) is 3.34. The SMILES string of the molecule is Oc1cc(O)c(C2SCCCS2)cc1C1SCCCS1. The van der Waals surface area contributed by atoms with Gasteiger partial charge < -0.3 is 10.2 Å². The molecule has 0 unspecified atom stereocenters. The summed E-state index contributed by atoms with van der Waals surface area (Å²) in [6.07, 6.45) is 2.48. The minimum absolute atomic E-state index is 0.240. The van der Waals surface area contributed by atoms with Crippen molar-refractivity contribution in [3.8, 4) is 11.5 Å². The number of rotatable bonds is 2. The highest BCUT2D eigenvalue weighted by molar-refractivity contribution is 8.17. The molecule has 0 aliphatic carbocycles. The number of hydrogen-bond donors (Lipinski definition) is 2. The van der Waals surface area contributed by atoms with E-state index in [2.05, 4.69) is 0 Å². The molecule has 110 valence electrons. The first-order valence-electron chi connectivity index (χ1n) is 6.78. The minimum atomic E-state index is 0.240. The molecule has 20 heavy (non-hydrogen) atoms. The Bertz CT molecular complexity index is 429. The van der Waals surface area contributed by atoms with Gasteiger partial charge in [0.25, 0.3) is 0 Å². The van der Waals surface area contributed by atoms with Crippen LogP contribution < -0.4 is 0 Å². The van der Waals surface area contributed by atoms with Crippen LogP contribution in [-0.4, -0.2) is 33.2 Å². The monoisotopic (exact) mass is 346 g/mol. The zero-order valence-electron chi connectivity index (χ0n) is 11.1. The van der Waals surface area contributed by atoms with Crippen molar-refractivity contribution < 1.29 is 10.2 Å². The minimum Gasteiger partial charge on any atom is -0.507 e. The molecule has 3 rings (SSSR count). The summed E-state index contributed by atoms with van der Waals surface area (Å²) in [5.74, 6) is 5.09. The first-order valence-corrected chi connectivity index (χ1v) is 11.0. The van der Waals surface area contributed by atoms with Crippen LogP contribution in [0, 0.1) is 0 Å². The van der Waals surface area contributed by atoms with Crippen molar-refractivity contribution in [2.24, 2.45) is 0 Å². The molecule has 2 saturated heterocycles. The molecule has 0 aromatic heterocycles. The summed E-state index contributed by atoms with van der Waals surface area (Å²) in [5, 5.41) is 20.3. The van der Waals surface area contributed by atoms with Crippen molar-refractivity contribution in [2.75, 3.05) is 23.0 Å². The fourth-order valence-electron chi connectivity index (χ4n) is 2.32. The highest BCUT2D eigenvalue weighted by Crippen LogP contribution is 2.52. The second-order valence-corrected chi connectivity index (χ2v) is 10.3. The largest absolute Gasteiger partial charge is 0.507 e. The zero-order chi connectivity index (χ0) is 13.9. The fourth-order valence-corrected chi connectivity index (χ4v) is 8.19. The van der Waals surface area contributed by atoms with Crippen LogP contribution >= 0.6 is 47.0 Å². The van der Waals surface area contributed by atoms with Crippen LogP contribution in [0.4, 0.5) is 0 Å². The van der Waals surface area contributed by atoms with Crippen molar-refractivity contribution in [1.82, 2.24) is 0 Å². The van der Waals surface area contributed by atoms with Crippen LogP contribution in [-0.2, 0) is 0 Å². The van der Waals surface area contributed by atoms with E-state index in [1.165, 1.54) is 18.9 Å². The number of phenolic OH excluding ortho intramolecular Hbond substituents is 2. The van der Waals surface area contributed by atoms with E-state index >= 15 is 0 Å². The zero-order valence-corrected chi connectivity index (χ0v) is 14.3. The number of phenols is 2. The summed E-state index contributed by atoms with van der Waals surface area (Å²) >= 11 is 7.60. The van der Waals surface area contributed by atoms with Crippen molar-refractivity contribution >= 4 is 47.0 Å². The standard InChI is InChI=1S/C14H18O2S4/c15-11-8-12(16)10(14-19-5-2-6-20-14)7-9(11)13-17-3-1-4-18-13/h7-8,13-16H,1-6H2. The smallest absolute Gasteiger partial charge is 0.124 e. The van der Waals surface area contributed by atoms with Crippen LogP contribution in [0.25, 0.3) is 0 Å². The molecule has 0 atom stereocenters. The maximum absolute atomic E-state index is 10.2. The molecule has 1 aromatic carbocycles. The number of hydrogen-bond acceptors (Lipinski definition) is 6. The van der Waals surface area contributed by atoms with E-state index < -0.39 is 0 Å². The van der Waals surface area contributed by atoms with Crippen LogP contribution in [0.15, 0.2) is 12.1 Å². The fraction of sp³-hybridized carbons (Fsp3) is 0.571. The highest BCUT2D eigenvalue weighted by atomic mass is 32.2. The Morgan fingerprint density at radius 3 is 1.50 bits per heavy atom. The van der Waals surface area contributed by atoms with Gasteiger partial charge in [0.1, 0.15) is 11.5 Å². The van der Waals surface area contributed by atoms with E-state index in [1.54, 1.807) is 0 Å². The second-order valence-electron chi connectivity index (χ2n) is 4.82. The molecular weight excluding hydrogens is 328 g/mol. The Hall–Kier alpha value is 0.220. The normalized spacial score (nSPS) is 22.0. The summed E-state index contributed by atoms with van der Waals surface area (Å²) < 4.78 is 0.614. The molecule has 2 heterocycles.